The number of allylic oxidation sites excluding steroid dienone is 3. The fourth-order valence-corrected chi connectivity index (χ4v) is 4.00. The summed E-state index contributed by atoms with van der Waals surface area (Å²) in [5.74, 6) is -1.97. The number of nitrogens with one attached hydrogen (secondary N) is 1. The lowest BCUT2D eigenvalue weighted by Crippen LogP contribution is -2.37. The Morgan fingerprint density at radius 2 is 2.00 bits per heavy atom. The number of hydrogen-bond acceptors (Lipinski definition) is 6. The maximum Gasteiger partial charge on any atom is 0.432 e. The molecule has 1 atom stereocenters. The molecule has 1 aromatic carbocycles. The molecule has 0 unspecified atom stereocenters. The van der Waals surface area contributed by atoms with Crippen LogP contribution >= 0.6 is 0 Å². The van der Waals surface area contributed by atoms with Gasteiger partial charge in [-0.2, -0.15) is 18.4 Å². The molecule has 1 aromatic heterocycles. The highest BCUT2D eigenvalue weighted by atomic mass is 19.4. The minimum absolute atomic E-state index is 0.0282. The van der Waals surface area contributed by atoms with Crippen molar-refractivity contribution in [2.24, 2.45) is 0 Å². The van der Waals surface area contributed by atoms with Gasteiger partial charge in [0.05, 0.1) is 28.5 Å². The van der Waals surface area contributed by atoms with Crippen molar-refractivity contribution in [3.63, 3.8) is 0 Å². The molecule has 1 fully saturated rings. The summed E-state index contributed by atoms with van der Waals surface area (Å²) in [6.45, 7) is 2.87. The summed E-state index contributed by atoms with van der Waals surface area (Å²) in [5.41, 5.74) is -2.37. The zero-order chi connectivity index (χ0) is 23.2. The molecule has 0 bridgehead atoms. The van der Waals surface area contributed by atoms with Gasteiger partial charge in [-0.15, -0.1) is 0 Å². The van der Waals surface area contributed by atoms with Crippen LogP contribution in [0.25, 0.3) is 11.0 Å². The van der Waals surface area contributed by atoms with Crippen LogP contribution < -0.4 is 10.7 Å². The molecule has 2 heterocycles. The molecule has 6 nitrogen and oxygen atoms in total. The second kappa shape index (κ2) is 7.86. The van der Waals surface area contributed by atoms with Gasteiger partial charge in [0.1, 0.15) is 23.1 Å². The normalized spacial score (nSPS) is 19.4. The van der Waals surface area contributed by atoms with Gasteiger partial charge in [0.25, 0.3) is 0 Å². The Balaban J connectivity index is 1.99. The third-order valence-electron chi connectivity index (χ3n) is 5.73. The lowest BCUT2D eigenvalue weighted by molar-refractivity contribution is -0.148. The minimum Gasteiger partial charge on any atom is -0.461 e. The molecule has 1 aliphatic carbocycles. The number of esters is 1. The number of ether oxygens (including phenoxy) is 1. The third kappa shape index (κ3) is 3.66. The number of nitrogens with zero attached hydrogens (tertiary/aromatic N) is 1. The Morgan fingerprint density at radius 1 is 1.28 bits per heavy atom. The van der Waals surface area contributed by atoms with E-state index in [1.807, 2.05) is 0 Å². The van der Waals surface area contributed by atoms with Crippen molar-refractivity contribution in [3.05, 3.63) is 68.4 Å². The minimum atomic E-state index is -4.87. The van der Waals surface area contributed by atoms with Crippen LogP contribution in [0.5, 0.6) is 0 Å². The molecule has 1 aliphatic heterocycles. The second-order valence-electron chi connectivity index (χ2n) is 7.90. The smallest absolute Gasteiger partial charge is 0.432 e. The first-order valence-corrected chi connectivity index (χ1v) is 10.1. The topological polar surface area (TPSA) is 92.3 Å². The van der Waals surface area contributed by atoms with Gasteiger partial charge in [-0.25, -0.2) is 4.79 Å². The first kappa shape index (κ1) is 21.7. The highest BCUT2D eigenvalue weighted by molar-refractivity contribution is 5.95. The molecule has 9 heteroatoms. The molecular formula is C23H19F3N2O4. The number of carbonyl (C=O) groups excluding carboxylic acids is 1. The summed E-state index contributed by atoms with van der Waals surface area (Å²) in [6, 6.07) is 7.31. The SMILES string of the molecule is CC1=C(C(=O)OC2CCC2)[C@H](c2cccc3c(=O)cc(C)oc23)C(C#N)=C(C(F)(F)F)N1. The number of dihydropyridines is 1. The van der Waals surface area contributed by atoms with E-state index in [1.165, 1.54) is 38.1 Å². The van der Waals surface area contributed by atoms with Gasteiger partial charge in [-0.1, -0.05) is 12.1 Å². The monoisotopic (exact) mass is 444 g/mol. The largest absolute Gasteiger partial charge is 0.461 e. The van der Waals surface area contributed by atoms with Crippen LogP contribution in [0, 0.1) is 18.3 Å². The van der Waals surface area contributed by atoms with E-state index in [0.29, 0.717) is 12.8 Å². The van der Waals surface area contributed by atoms with Gasteiger partial charge in [-0.3, -0.25) is 4.79 Å². The summed E-state index contributed by atoms with van der Waals surface area (Å²) in [4.78, 5) is 25.5. The van der Waals surface area contributed by atoms with Crippen molar-refractivity contribution in [1.82, 2.24) is 5.32 Å². The summed E-state index contributed by atoms with van der Waals surface area (Å²) in [6.07, 6.45) is -2.93. The van der Waals surface area contributed by atoms with Gasteiger partial charge in [0.15, 0.2) is 5.43 Å². The first-order valence-electron chi connectivity index (χ1n) is 10.1. The lowest BCUT2D eigenvalue weighted by Gasteiger charge is -2.32. The van der Waals surface area contributed by atoms with Crippen molar-refractivity contribution < 1.29 is 27.1 Å². The summed E-state index contributed by atoms with van der Waals surface area (Å²) >= 11 is 0. The molecule has 1 saturated carbocycles. The van der Waals surface area contributed by atoms with Gasteiger partial charge in [0.2, 0.25) is 0 Å². The van der Waals surface area contributed by atoms with Crippen LogP contribution in [0.4, 0.5) is 13.2 Å². The first-order chi connectivity index (χ1) is 15.1. The molecule has 2 aromatic rings. The zero-order valence-electron chi connectivity index (χ0n) is 17.3. The number of aryl methyl sites for hydroxylation is 1. The maximum atomic E-state index is 13.8. The number of hydrogen-bond donors (Lipinski definition) is 1. The molecule has 0 saturated heterocycles. The number of carbonyl (C=O) groups is 1. The summed E-state index contributed by atoms with van der Waals surface area (Å²) in [5, 5.41) is 12.1. The molecule has 0 radical (unpaired) electrons. The van der Waals surface area contributed by atoms with Gasteiger partial charge < -0.3 is 14.5 Å². The van der Waals surface area contributed by atoms with E-state index in [-0.39, 0.29) is 45.1 Å². The van der Waals surface area contributed by atoms with Crippen LogP contribution in [0.2, 0.25) is 0 Å². The van der Waals surface area contributed by atoms with Crippen LogP contribution in [0.15, 0.2) is 56.0 Å². The average Bonchev–Trinajstić information content (AvgIpc) is 2.68. The van der Waals surface area contributed by atoms with E-state index >= 15 is 0 Å². The Kier molecular flexibility index (Phi) is 5.33. The Labute approximate surface area is 181 Å². The molecule has 2 aliphatic rings. The van der Waals surface area contributed by atoms with E-state index in [2.05, 4.69) is 5.32 Å². The fraction of sp³-hybridized carbons (Fsp3) is 0.348. The maximum absolute atomic E-state index is 13.8. The van der Waals surface area contributed by atoms with Crippen molar-refractivity contribution >= 4 is 16.9 Å². The zero-order valence-corrected chi connectivity index (χ0v) is 17.3. The molecule has 166 valence electrons. The molecule has 32 heavy (non-hydrogen) atoms. The quantitative estimate of drug-likeness (QED) is 0.701. The van der Waals surface area contributed by atoms with Gasteiger partial charge in [-0.05, 0) is 39.2 Å². The predicted octanol–water partition coefficient (Wildman–Crippen LogP) is 4.50. The standard InChI is InChI=1S/C23H19F3N2O4/c1-11-9-17(29)14-7-4-8-15(20(14)31-11)19-16(10-27)21(23(24,25)26)28-12(2)18(19)22(30)32-13-5-3-6-13/h4,7-9,13,19,28H,3,5-6H2,1-2H3/t19-/m1/s1. The predicted molar refractivity (Wildman–Crippen MR) is 108 cm³/mol. The number of halogens is 3. The third-order valence-corrected chi connectivity index (χ3v) is 5.73. The Morgan fingerprint density at radius 3 is 2.59 bits per heavy atom. The summed E-state index contributed by atoms with van der Waals surface area (Å²) in [7, 11) is 0. The molecule has 1 N–H and O–H groups in total. The Hall–Kier alpha value is -3.54. The molecule has 4 rings (SSSR count). The summed E-state index contributed by atoms with van der Waals surface area (Å²) < 4.78 is 52.6. The number of alkyl halides is 3. The number of benzene rings is 1. The van der Waals surface area contributed by atoms with Crippen molar-refractivity contribution in [2.75, 3.05) is 0 Å². The van der Waals surface area contributed by atoms with E-state index in [4.69, 9.17) is 9.15 Å². The van der Waals surface area contributed by atoms with E-state index in [0.717, 1.165) is 6.42 Å². The van der Waals surface area contributed by atoms with Crippen molar-refractivity contribution in [1.29, 1.82) is 5.26 Å². The molecule has 0 amide bonds. The Bertz CT molecular complexity index is 1280. The van der Waals surface area contributed by atoms with Crippen molar-refractivity contribution in [2.45, 2.75) is 51.3 Å². The molecular weight excluding hydrogens is 425 g/mol. The van der Waals surface area contributed by atoms with Gasteiger partial charge >= 0.3 is 12.1 Å². The highest BCUT2D eigenvalue weighted by Crippen LogP contribution is 2.44. The second-order valence-corrected chi connectivity index (χ2v) is 7.90. The number of rotatable bonds is 3. The van der Waals surface area contributed by atoms with Crippen LogP contribution in [0.1, 0.15) is 43.4 Å². The van der Waals surface area contributed by atoms with Crippen LogP contribution in [-0.4, -0.2) is 18.2 Å². The number of para-hydroxylation sites is 1. The van der Waals surface area contributed by atoms with E-state index in [9.17, 15) is 28.0 Å². The lowest BCUT2D eigenvalue weighted by atomic mass is 9.80. The van der Waals surface area contributed by atoms with Crippen molar-refractivity contribution in [3.8, 4) is 6.07 Å². The van der Waals surface area contributed by atoms with E-state index < -0.39 is 29.3 Å². The van der Waals surface area contributed by atoms with Crippen LogP contribution in [0.3, 0.4) is 0 Å². The van der Waals surface area contributed by atoms with Crippen LogP contribution in [-0.2, 0) is 9.53 Å². The fourth-order valence-electron chi connectivity index (χ4n) is 4.00. The van der Waals surface area contributed by atoms with E-state index in [1.54, 1.807) is 6.07 Å². The molecule has 0 spiro atoms. The average molecular weight is 444 g/mol. The number of nitriles is 1. The van der Waals surface area contributed by atoms with Gasteiger partial charge in [0, 0.05) is 17.3 Å². The number of fused-ring (bicyclic) bond motifs is 1. The highest BCUT2D eigenvalue weighted by Gasteiger charge is 2.46.